The smallest absolute Gasteiger partial charge is 0.334 e. The highest BCUT2D eigenvalue weighted by atomic mass is 16.6. The second-order valence-electron chi connectivity index (χ2n) is 3.70. The Morgan fingerprint density at radius 1 is 1.40 bits per heavy atom. The molecule has 0 aliphatic carbocycles. The molecule has 7 nitrogen and oxygen atoms in total. The predicted molar refractivity (Wildman–Crippen MR) is 70.7 cm³/mol. The third-order valence-corrected chi connectivity index (χ3v) is 2.24. The summed E-state index contributed by atoms with van der Waals surface area (Å²) < 4.78 is 15.2. The average molecular weight is 281 g/mol. The number of methoxy groups -OCH3 is 1. The molecular formula is C13H15NO6. The van der Waals surface area contributed by atoms with Gasteiger partial charge in [-0.15, -0.1) is 0 Å². The van der Waals surface area contributed by atoms with E-state index in [1.807, 2.05) is 0 Å². The fraction of sp³-hybridized carbons (Fsp3) is 0.308. The summed E-state index contributed by atoms with van der Waals surface area (Å²) in [5, 5.41) is 10.7. The molecule has 0 heterocycles. The van der Waals surface area contributed by atoms with E-state index >= 15 is 0 Å². The zero-order valence-corrected chi connectivity index (χ0v) is 11.4. The van der Waals surface area contributed by atoms with Crippen LogP contribution in [0.5, 0.6) is 11.5 Å². The molecule has 7 heteroatoms. The van der Waals surface area contributed by atoms with Crippen LogP contribution in [0.1, 0.15) is 13.8 Å². The molecule has 0 atom stereocenters. The molecule has 1 aromatic carbocycles. The molecule has 0 amide bonds. The zero-order chi connectivity index (χ0) is 15.1. The Morgan fingerprint density at radius 2 is 2.10 bits per heavy atom. The largest absolute Gasteiger partial charge is 0.493 e. The molecule has 108 valence electrons. The van der Waals surface area contributed by atoms with Gasteiger partial charge in [-0.1, -0.05) is 0 Å². The number of nitro groups is 1. The summed E-state index contributed by atoms with van der Waals surface area (Å²) in [6, 6.07) is 3.93. The predicted octanol–water partition coefficient (Wildman–Crippen LogP) is 2.45. The standard InChI is InChI=1S/C13H15NO6/c1-4-19-13(15)7-9(2)20-11-6-5-10(14(16)17)8-12(11)18-3/h5-8H,4H2,1-3H3/b9-7-. The number of carbonyl (C=O) groups is 1. The van der Waals surface area contributed by atoms with Crippen molar-refractivity contribution in [3.8, 4) is 11.5 Å². The number of allylic oxidation sites excluding steroid dienone is 1. The van der Waals surface area contributed by atoms with Crippen LogP contribution in [0.25, 0.3) is 0 Å². The van der Waals surface area contributed by atoms with E-state index < -0.39 is 10.9 Å². The molecule has 20 heavy (non-hydrogen) atoms. The van der Waals surface area contributed by atoms with Crippen molar-refractivity contribution in [1.82, 2.24) is 0 Å². The van der Waals surface area contributed by atoms with Gasteiger partial charge in [-0.25, -0.2) is 4.79 Å². The van der Waals surface area contributed by atoms with Crippen LogP contribution >= 0.6 is 0 Å². The van der Waals surface area contributed by atoms with Gasteiger partial charge in [-0.2, -0.15) is 0 Å². The minimum atomic E-state index is -0.534. The number of benzene rings is 1. The first-order chi connectivity index (χ1) is 9.47. The van der Waals surface area contributed by atoms with E-state index in [0.29, 0.717) is 0 Å². The van der Waals surface area contributed by atoms with Crippen molar-refractivity contribution in [2.24, 2.45) is 0 Å². The van der Waals surface area contributed by atoms with Gasteiger partial charge in [0.05, 0.1) is 30.8 Å². The minimum absolute atomic E-state index is 0.110. The molecule has 0 spiro atoms. The van der Waals surface area contributed by atoms with E-state index in [2.05, 4.69) is 0 Å². The summed E-state index contributed by atoms with van der Waals surface area (Å²) in [6.45, 7) is 3.53. The van der Waals surface area contributed by atoms with Gasteiger partial charge in [-0.3, -0.25) is 10.1 Å². The van der Waals surface area contributed by atoms with Gasteiger partial charge >= 0.3 is 5.97 Å². The lowest BCUT2D eigenvalue weighted by atomic mass is 10.3. The first-order valence-corrected chi connectivity index (χ1v) is 5.83. The Kier molecular flexibility index (Phi) is 5.52. The lowest BCUT2D eigenvalue weighted by Gasteiger charge is -2.10. The fourth-order valence-electron chi connectivity index (χ4n) is 1.41. The number of hydrogen-bond acceptors (Lipinski definition) is 6. The van der Waals surface area contributed by atoms with E-state index in [-0.39, 0.29) is 29.6 Å². The molecule has 0 saturated carbocycles. The molecule has 0 aliphatic rings. The Morgan fingerprint density at radius 3 is 2.65 bits per heavy atom. The molecular weight excluding hydrogens is 266 g/mol. The highest BCUT2D eigenvalue weighted by Gasteiger charge is 2.13. The van der Waals surface area contributed by atoms with Crippen LogP contribution in [-0.4, -0.2) is 24.6 Å². The highest BCUT2D eigenvalue weighted by Crippen LogP contribution is 2.32. The molecule has 0 aromatic heterocycles. The summed E-state index contributed by atoms with van der Waals surface area (Å²) in [6.07, 6.45) is 1.18. The highest BCUT2D eigenvalue weighted by molar-refractivity contribution is 5.82. The van der Waals surface area contributed by atoms with Crippen molar-refractivity contribution < 1.29 is 23.9 Å². The second-order valence-corrected chi connectivity index (χ2v) is 3.70. The number of hydrogen-bond donors (Lipinski definition) is 0. The number of nitrogens with zero attached hydrogens (tertiary/aromatic N) is 1. The molecule has 0 radical (unpaired) electrons. The maximum Gasteiger partial charge on any atom is 0.334 e. The molecule has 0 bridgehead atoms. The van der Waals surface area contributed by atoms with Crippen molar-refractivity contribution in [3.63, 3.8) is 0 Å². The summed E-state index contributed by atoms with van der Waals surface area (Å²) in [4.78, 5) is 21.4. The van der Waals surface area contributed by atoms with Gasteiger partial charge in [0.1, 0.15) is 5.76 Å². The molecule has 1 aromatic rings. The Balaban J connectivity index is 2.92. The van der Waals surface area contributed by atoms with Crippen LogP contribution in [0.2, 0.25) is 0 Å². The maximum absolute atomic E-state index is 11.2. The van der Waals surface area contributed by atoms with Gasteiger partial charge in [0, 0.05) is 6.07 Å². The van der Waals surface area contributed by atoms with Gasteiger partial charge in [0.15, 0.2) is 11.5 Å². The van der Waals surface area contributed by atoms with Gasteiger partial charge in [0.25, 0.3) is 5.69 Å². The monoisotopic (exact) mass is 281 g/mol. The number of ether oxygens (including phenoxy) is 3. The van der Waals surface area contributed by atoms with Crippen molar-refractivity contribution in [2.45, 2.75) is 13.8 Å². The van der Waals surface area contributed by atoms with Crippen molar-refractivity contribution in [2.75, 3.05) is 13.7 Å². The van der Waals surface area contributed by atoms with Crippen LogP contribution in [0, 0.1) is 10.1 Å². The topological polar surface area (TPSA) is 87.9 Å². The molecule has 1 rings (SSSR count). The fourth-order valence-corrected chi connectivity index (χ4v) is 1.41. The lowest BCUT2D eigenvalue weighted by molar-refractivity contribution is -0.384. The Hall–Kier alpha value is -2.57. The van der Waals surface area contributed by atoms with Crippen LogP contribution < -0.4 is 9.47 Å². The zero-order valence-electron chi connectivity index (χ0n) is 11.4. The van der Waals surface area contributed by atoms with Crippen molar-refractivity contribution >= 4 is 11.7 Å². The van der Waals surface area contributed by atoms with Crippen LogP contribution in [0.15, 0.2) is 30.0 Å². The van der Waals surface area contributed by atoms with Crippen LogP contribution in [-0.2, 0) is 9.53 Å². The summed E-state index contributed by atoms with van der Waals surface area (Å²) in [7, 11) is 1.37. The number of carbonyl (C=O) groups excluding carboxylic acids is 1. The molecule has 0 N–H and O–H groups in total. The normalized spacial score (nSPS) is 10.8. The SMILES string of the molecule is CCOC(=O)/C=C(/C)Oc1ccc([N+](=O)[O-])cc1OC. The summed E-state index contributed by atoms with van der Waals surface area (Å²) in [5.74, 6) is 0.244. The molecule has 0 fully saturated rings. The van der Waals surface area contributed by atoms with E-state index in [4.69, 9.17) is 14.2 Å². The van der Waals surface area contributed by atoms with Gasteiger partial charge < -0.3 is 14.2 Å². The minimum Gasteiger partial charge on any atom is -0.493 e. The van der Waals surface area contributed by atoms with Crippen LogP contribution in [0.3, 0.4) is 0 Å². The first-order valence-electron chi connectivity index (χ1n) is 5.83. The third-order valence-electron chi connectivity index (χ3n) is 2.24. The van der Waals surface area contributed by atoms with E-state index in [0.717, 1.165) is 0 Å². The van der Waals surface area contributed by atoms with E-state index in [1.165, 1.54) is 31.4 Å². The number of non-ortho nitro benzene ring substituents is 1. The van der Waals surface area contributed by atoms with Crippen molar-refractivity contribution in [1.29, 1.82) is 0 Å². The number of rotatable bonds is 6. The number of esters is 1. The van der Waals surface area contributed by atoms with Gasteiger partial charge in [-0.05, 0) is 19.9 Å². The molecule has 0 unspecified atom stereocenters. The second kappa shape index (κ2) is 7.13. The van der Waals surface area contributed by atoms with E-state index in [1.54, 1.807) is 13.8 Å². The quantitative estimate of drug-likeness (QED) is 0.261. The molecule has 0 saturated heterocycles. The summed E-state index contributed by atoms with van der Waals surface area (Å²) >= 11 is 0. The average Bonchev–Trinajstić information content (AvgIpc) is 2.38. The lowest BCUT2D eigenvalue weighted by Crippen LogP contribution is -2.03. The summed E-state index contributed by atoms with van der Waals surface area (Å²) in [5.41, 5.74) is -0.110. The van der Waals surface area contributed by atoms with E-state index in [9.17, 15) is 14.9 Å². The maximum atomic E-state index is 11.2. The van der Waals surface area contributed by atoms with Crippen LogP contribution in [0.4, 0.5) is 5.69 Å². The van der Waals surface area contributed by atoms with Gasteiger partial charge in [0.2, 0.25) is 0 Å². The first kappa shape index (κ1) is 15.5. The third kappa shape index (κ3) is 4.27. The van der Waals surface area contributed by atoms with Crippen molar-refractivity contribution in [3.05, 3.63) is 40.1 Å². The Labute approximate surface area is 115 Å². The number of nitro benzene ring substituents is 1. The molecule has 0 aliphatic heterocycles. The Bertz CT molecular complexity index is 538.